The minimum Gasteiger partial charge on any atom is -0.288 e. The fraction of sp³-hybridized carbons (Fsp3) is 0.214. The van der Waals surface area contributed by atoms with E-state index in [1.165, 1.54) is 10.4 Å². The van der Waals surface area contributed by atoms with Crippen molar-refractivity contribution in [2.45, 2.75) is 20.8 Å². The first-order valence-electron chi connectivity index (χ1n) is 5.26. The molecule has 2 rings (SSSR count). The van der Waals surface area contributed by atoms with E-state index in [9.17, 15) is 4.79 Å². The molecule has 0 unspecified atom stereocenters. The molecule has 0 amide bonds. The standard InChI is InChI=1S/C14H14OS/c1-9-4-6-12(7-5-9)13(15)14-10(2)8-11(3)16-14/h4-8H,1-3H3. The summed E-state index contributed by atoms with van der Waals surface area (Å²) >= 11 is 1.57. The topological polar surface area (TPSA) is 17.1 Å². The van der Waals surface area contributed by atoms with E-state index in [0.717, 1.165) is 16.0 Å². The Morgan fingerprint density at radius 3 is 2.19 bits per heavy atom. The van der Waals surface area contributed by atoms with Gasteiger partial charge in [-0.3, -0.25) is 4.79 Å². The van der Waals surface area contributed by atoms with Gasteiger partial charge in [0.1, 0.15) is 0 Å². The molecule has 0 radical (unpaired) electrons. The predicted molar refractivity (Wildman–Crippen MR) is 68.4 cm³/mol. The first-order valence-corrected chi connectivity index (χ1v) is 6.08. The maximum Gasteiger partial charge on any atom is 0.203 e. The molecular formula is C14H14OS. The highest BCUT2D eigenvalue weighted by Crippen LogP contribution is 2.24. The Bertz CT molecular complexity index is 520. The molecule has 0 atom stereocenters. The molecule has 0 aliphatic heterocycles. The van der Waals surface area contributed by atoms with Gasteiger partial charge in [0.2, 0.25) is 5.78 Å². The minimum absolute atomic E-state index is 0.135. The van der Waals surface area contributed by atoms with Crippen LogP contribution >= 0.6 is 11.3 Å². The van der Waals surface area contributed by atoms with Crippen LogP contribution in [0.2, 0.25) is 0 Å². The van der Waals surface area contributed by atoms with Crippen molar-refractivity contribution in [3.63, 3.8) is 0 Å². The Labute approximate surface area is 99.8 Å². The lowest BCUT2D eigenvalue weighted by Gasteiger charge is -2.00. The number of rotatable bonds is 2. The van der Waals surface area contributed by atoms with E-state index >= 15 is 0 Å². The summed E-state index contributed by atoms with van der Waals surface area (Å²) in [5.41, 5.74) is 3.03. The van der Waals surface area contributed by atoms with E-state index in [1.54, 1.807) is 11.3 Å². The maximum atomic E-state index is 12.2. The van der Waals surface area contributed by atoms with Gasteiger partial charge < -0.3 is 0 Å². The Hall–Kier alpha value is -1.41. The molecule has 16 heavy (non-hydrogen) atoms. The van der Waals surface area contributed by atoms with Crippen LogP contribution in [0.3, 0.4) is 0 Å². The van der Waals surface area contributed by atoms with E-state index in [4.69, 9.17) is 0 Å². The molecular weight excluding hydrogens is 216 g/mol. The van der Waals surface area contributed by atoms with Crippen molar-refractivity contribution in [1.29, 1.82) is 0 Å². The van der Waals surface area contributed by atoms with Gasteiger partial charge in [0.25, 0.3) is 0 Å². The van der Waals surface area contributed by atoms with E-state index in [-0.39, 0.29) is 5.78 Å². The Kier molecular flexibility index (Phi) is 2.92. The maximum absolute atomic E-state index is 12.2. The van der Waals surface area contributed by atoms with Gasteiger partial charge in [0.05, 0.1) is 4.88 Å². The van der Waals surface area contributed by atoms with Crippen LogP contribution < -0.4 is 0 Å². The third kappa shape index (κ3) is 2.07. The second-order valence-electron chi connectivity index (χ2n) is 4.06. The number of benzene rings is 1. The van der Waals surface area contributed by atoms with Crippen LogP contribution in [-0.4, -0.2) is 5.78 Å². The van der Waals surface area contributed by atoms with E-state index in [0.29, 0.717) is 0 Å². The van der Waals surface area contributed by atoms with Crippen molar-refractivity contribution < 1.29 is 4.79 Å². The molecule has 0 aliphatic rings. The van der Waals surface area contributed by atoms with E-state index < -0.39 is 0 Å². The SMILES string of the molecule is Cc1ccc(C(=O)c2sc(C)cc2C)cc1. The van der Waals surface area contributed by atoms with Gasteiger partial charge in [-0.15, -0.1) is 11.3 Å². The van der Waals surface area contributed by atoms with E-state index in [2.05, 4.69) is 6.07 Å². The van der Waals surface area contributed by atoms with Crippen molar-refractivity contribution >= 4 is 17.1 Å². The zero-order valence-electron chi connectivity index (χ0n) is 9.70. The fourth-order valence-electron chi connectivity index (χ4n) is 1.70. The Balaban J connectivity index is 2.39. The summed E-state index contributed by atoms with van der Waals surface area (Å²) in [6.07, 6.45) is 0. The van der Waals surface area contributed by atoms with Gasteiger partial charge in [-0.05, 0) is 32.4 Å². The molecule has 0 spiro atoms. The lowest BCUT2D eigenvalue weighted by atomic mass is 10.1. The Morgan fingerprint density at radius 1 is 1.06 bits per heavy atom. The largest absolute Gasteiger partial charge is 0.288 e. The summed E-state index contributed by atoms with van der Waals surface area (Å²) in [5, 5.41) is 0. The summed E-state index contributed by atoms with van der Waals surface area (Å²) in [4.78, 5) is 14.3. The van der Waals surface area contributed by atoms with Crippen molar-refractivity contribution in [3.05, 3.63) is 56.8 Å². The van der Waals surface area contributed by atoms with Crippen LogP contribution in [0.4, 0.5) is 0 Å². The van der Waals surface area contributed by atoms with Crippen molar-refractivity contribution in [1.82, 2.24) is 0 Å². The average Bonchev–Trinajstić information content (AvgIpc) is 2.58. The summed E-state index contributed by atoms with van der Waals surface area (Å²) in [5.74, 6) is 0.135. The van der Waals surface area contributed by atoms with Crippen molar-refractivity contribution in [3.8, 4) is 0 Å². The lowest BCUT2D eigenvalue weighted by molar-refractivity contribution is 0.104. The normalized spacial score (nSPS) is 10.4. The average molecular weight is 230 g/mol. The molecule has 0 N–H and O–H groups in total. The molecule has 1 nitrogen and oxygen atoms in total. The van der Waals surface area contributed by atoms with Crippen LogP contribution in [-0.2, 0) is 0 Å². The number of aryl methyl sites for hydroxylation is 3. The first kappa shape index (κ1) is 11.1. The second kappa shape index (κ2) is 4.22. The van der Waals surface area contributed by atoms with Crippen molar-refractivity contribution in [2.24, 2.45) is 0 Å². The number of carbonyl (C=O) groups excluding carboxylic acids is 1. The zero-order valence-corrected chi connectivity index (χ0v) is 10.5. The summed E-state index contributed by atoms with van der Waals surface area (Å²) in [6.45, 7) is 6.04. The van der Waals surface area contributed by atoms with Gasteiger partial charge in [-0.2, -0.15) is 0 Å². The molecule has 0 saturated carbocycles. The molecule has 0 aliphatic carbocycles. The monoisotopic (exact) mass is 230 g/mol. The quantitative estimate of drug-likeness (QED) is 0.715. The number of ketones is 1. The molecule has 0 fully saturated rings. The van der Waals surface area contributed by atoms with Gasteiger partial charge in [-0.25, -0.2) is 0 Å². The highest BCUT2D eigenvalue weighted by atomic mass is 32.1. The lowest BCUT2D eigenvalue weighted by Crippen LogP contribution is -1.99. The summed E-state index contributed by atoms with van der Waals surface area (Å²) in [6, 6.07) is 9.80. The first-order chi connectivity index (χ1) is 7.58. The minimum atomic E-state index is 0.135. The number of hydrogen-bond acceptors (Lipinski definition) is 2. The molecule has 0 saturated heterocycles. The number of hydrogen-bond donors (Lipinski definition) is 0. The van der Waals surface area contributed by atoms with Gasteiger partial charge >= 0.3 is 0 Å². The Morgan fingerprint density at radius 2 is 1.69 bits per heavy atom. The smallest absolute Gasteiger partial charge is 0.203 e. The van der Waals surface area contributed by atoms with Crippen LogP contribution in [0.1, 0.15) is 31.2 Å². The predicted octanol–water partition coefficient (Wildman–Crippen LogP) is 3.90. The van der Waals surface area contributed by atoms with Crippen LogP contribution in [0.5, 0.6) is 0 Å². The van der Waals surface area contributed by atoms with Gasteiger partial charge in [0, 0.05) is 10.4 Å². The molecule has 1 aromatic carbocycles. The number of carbonyl (C=O) groups is 1. The molecule has 82 valence electrons. The van der Waals surface area contributed by atoms with Crippen LogP contribution in [0, 0.1) is 20.8 Å². The molecule has 1 heterocycles. The molecule has 2 heteroatoms. The van der Waals surface area contributed by atoms with Crippen LogP contribution in [0.25, 0.3) is 0 Å². The molecule has 2 aromatic rings. The third-order valence-electron chi connectivity index (χ3n) is 2.56. The van der Waals surface area contributed by atoms with Gasteiger partial charge in [-0.1, -0.05) is 29.8 Å². The third-order valence-corrected chi connectivity index (χ3v) is 3.71. The molecule has 1 aromatic heterocycles. The molecule has 0 bridgehead atoms. The van der Waals surface area contributed by atoms with Gasteiger partial charge in [0.15, 0.2) is 0 Å². The number of thiophene rings is 1. The highest BCUT2D eigenvalue weighted by molar-refractivity contribution is 7.14. The fourth-order valence-corrected chi connectivity index (χ4v) is 2.69. The van der Waals surface area contributed by atoms with E-state index in [1.807, 2.05) is 45.0 Å². The summed E-state index contributed by atoms with van der Waals surface area (Å²) in [7, 11) is 0. The highest BCUT2D eigenvalue weighted by Gasteiger charge is 2.13. The second-order valence-corrected chi connectivity index (χ2v) is 5.32. The van der Waals surface area contributed by atoms with Crippen LogP contribution in [0.15, 0.2) is 30.3 Å². The van der Waals surface area contributed by atoms with Crippen molar-refractivity contribution in [2.75, 3.05) is 0 Å². The summed E-state index contributed by atoms with van der Waals surface area (Å²) < 4.78 is 0. The zero-order chi connectivity index (χ0) is 11.7.